The van der Waals surface area contributed by atoms with Crippen molar-refractivity contribution in [2.45, 2.75) is 18.4 Å². The average molecular weight is 462 g/mol. The Morgan fingerprint density at radius 2 is 1.93 bits per heavy atom. The Balaban J connectivity index is 2.01. The molecule has 0 spiro atoms. The van der Waals surface area contributed by atoms with E-state index < -0.39 is 5.43 Å². The topological polar surface area (TPSA) is 114 Å². The number of hydrogen-bond donors (Lipinski definition) is 4. The van der Waals surface area contributed by atoms with Gasteiger partial charge in [-0.05, 0) is 54.1 Å². The van der Waals surface area contributed by atoms with E-state index in [1.165, 1.54) is 18.2 Å². The first-order valence-corrected chi connectivity index (χ1v) is 9.93. The third kappa shape index (κ3) is 3.27. The Hall–Kier alpha value is -2.55. The summed E-state index contributed by atoms with van der Waals surface area (Å²) in [6, 6.07) is 6.73. The zero-order chi connectivity index (χ0) is 20.9. The molecular weight excluding hydrogens is 442 g/mol. The van der Waals surface area contributed by atoms with Crippen LogP contribution in [0.2, 0.25) is 0 Å². The molecule has 0 unspecified atom stereocenters. The number of benzene rings is 2. The Morgan fingerprint density at radius 3 is 2.62 bits per heavy atom. The number of aromatic hydroxyl groups is 3. The van der Waals surface area contributed by atoms with Crippen LogP contribution in [0.15, 0.2) is 44.0 Å². The average Bonchev–Trinajstić information content (AvgIpc) is 3.01. The van der Waals surface area contributed by atoms with Gasteiger partial charge in [-0.3, -0.25) is 4.79 Å². The number of aliphatic hydroxyl groups excluding tert-OH is 1. The summed E-state index contributed by atoms with van der Waals surface area (Å²) < 4.78 is 6.58. The summed E-state index contributed by atoms with van der Waals surface area (Å²) in [5.41, 5.74) is 0.587. The van der Waals surface area contributed by atoms with Gasteiger partial charge in [-0.2, -0.15) is 0 Å². The molecule has 0 aliphatic carbocycles. The van der Waals surface area contributed by atoms with Gasteiger partial charge in [-0.25, -0.2) is 0 Å². The van der Waals surface area contributed by atoms with E-state index in [4.69, 9.17) is 4.42 Å². The number of hydrogen-bond acceptors (Lipinski definition) is 7. The van der Waals surface area contributed by atoms with Gasteiger partial charge < -0.3 is 29.7 Å². The molecule has 1 aromatic heterocycles. The minimum atomic E-state index is -0.452. The molecule has 4 rings (SSSR count). The second-order valence-electron chi connectivity index (χ2n) is 7.30. The molecule has 1 aliphatic heterocycles. The number of phenolic OH excluding ortho intramolecular Hbond substituents is 3. The highest BCUT2D eigenvalue weighted by Crippen LogP contribution is 2.44. The van der Waals surface area contributed by atoms with Crippen LogP contribution in [-0.2, 0) is 0 Å². The van der Waals surface area contributed by atoms with Crippen molar-refractivity contribution in [3.63, 3.8) is 0 Å². The molecule has 0 bridgehead atoms. The van der Waals surface area contributed by atoms with Crippen LogP contribution in [0, 0.1) is 0 Å². The minimum Gasteiger partial charge on any atom is -0.508 e. The van der Waals surface area contributed by atoms with Crippen molar-refractivity contribution in [2.75, 3.05) is 20.2 Å². The van der Waals surface area contributed by atoms with E-state index in [0.29, 0.717) is 28.6 Å². The number of likely N-dealkylation sites (N-methyl/N-ethyl adjacent to an activating group) is 1. The number of aliphatic hydroxyl groups is 1. The van der Waals surface area contributed by atoms with Gasteiger partial charge >= 0.3 is 0 Å². The van der Waals surface area contributed by atoms with Crippen LogP contribution in [0.1, 0.15) is 17.9 Å². The monoisotopic (exact) mass is 461 g/mol. The van der Waals surface area contributed by atoms with Crippen LogP contribution in [0.4, 0.5) is 0 Å². The van der Waals surface area contributed by atoms with Crippen LogP contribution in [0.3, 0.4) is 0 Å². The van der Waals surface area contributed by atoms with Gasteiger partial charge in [0.05, 0.1) is 6.61 Å². The molecule has 152 valence electrons. The van der Waals surface area contributed by atoms with E-state index in [-0.39, 0.29) is 52.5 Å². The normalized spacial score (nSPS) is 19.8. The van der Waals surface area contributed by atoms with E-state index in [1.807, 2.05) is 11.9 Å². The molecule has 29 heavy (non-hydrogen) atoms. The molecule has 7 nitrogen and oxygen atoms in total. The standard InChI is InChI=1S/C21H20BrNO6/c1-23-5-4-12(14(23)9-24)19-15(26)7-16(27)20-17(28)8-18(29-21(19)20)11-3-2-10(25)6-13(11)22/h2-3,6-8,12,14,24-27H,4-5,9H2,1H3/t12-,14+/m1/s1. The summed E-state index contributed by atoms with van der Waals surface area (Å²) in [7, 11) is 1.88. The lowest BCUT2D eigenvalue weighted by atomic mass is 9.89. The first-order chi connectivity index (χ1) is 13.8. The first kappa shape index (κ1) is 19.8. The molecule has 2 heterocycles. The Morgan fingerprint density at radius 1 is 1.17 bits per heavy atom. The van der Waals surface area contributed by atoms with Crippen molar-refractivity contribution in [1.29, 1.82) is 0 Å². The molecule has 4 N–H and O–H groups in total. The van der Waals surface area contributed by atoms with Crippen molar-refractivity contribution >= 4 is 26.9 Å². The lowest BCUT2D eigenvalue weighted by Crippen LogP contribution is -2.32. The maximum Gasteiger partial charge on any atom is 0.197 e. The molecule has 8 heteroatoms. The van der Waals surface area contributed by atoms with Crippen molar-refractivity contribution in [3.05, 3.63) is 50.6 Å². The molecule has 1 fully saturated rings. The summed E-state index contributed by atoms with van der Waals surface area (Å²) in [4.78, 5) is 14.8. The number of likely N-dealkylation sites (tertiary alicyclic amines) is 1. The number of phenols is 3. The molecule has 3 aromatic rings. The van der Waals surface area contributed by atoms with E-state index in [9.17, 15) is 25.2 Å². The highest BCUT2D eigenvalue weighted by Gasteiger charge is 2.36. The zero-order valence-electron chi connectivity index (χ0n) is 15.6. The van der Waals surface area contributed by atoms with Gasteiger partial charge in [0.1, 0.15) is 34.0 Å². The first-order valence-electron chi connectivity index (χ1n) is 9.14. The molecule has 1 saturated heterocycles. The van der Waals surface area contributed by atoms with Crippen LogP contribution in [0.25, 0.3) is 22.3 Å². The Kier molecular flexibility index (Phi) is 5.02. The molecule has 0 saturated carbocycles. The summed E-state index contributed by atoms with van der Waals surface area (Å²) in [6.45, 7) is 0.599. The van der Waals surface area contributed by atoms with E-state index >= 15 is 0 Å². The van der Waals surface area contributed by atoms with E-state index in [0.717, 1.165) is 6.07 Å². The summed E-state index contributed by atoms with van der Waals surface area (Å²) >= 11 is 3.35. The van der Waals surface area contributed by atoms with Crippen LogP contribution in [0.5, 0.6) is 17.2 Å². The number of nitrogens with zero attached hydrogens (tertiary/aromatic N) is 1. The summed E-state index contributed by atoms with van der Waals surface area (Å²) in [5.74, 6) is -0.529. The molecule has 2 atom stereocenters. The Labute approximate surface area is 174 Å². The fraction of sp³-hybridized carbons (Fsp3) is 0.286. The predicted octanol–water partition coefficient (Wildman–Crippen LogP) is 3.12. The van der Waals surface area contributed by atoms with Gasteiger partial charge in [0.2, 0.25) is 0 Å². The quantitative estimate of drug-likeness (QED) is 0.473. The summed E-state index contributed by atoms with van der Waals surface area (Å²) in [6.07, 6.45) is 0.659. The predicted molar refractivity (Wildman–Crippen MR) is 111 cm³/mol. The van der Waals surface area contributed by atoms with Gasteiger partial charge in [0, 0.05) is 39.7 Å². The second kappa shape index (κ2) is 7.37. The van der Waals surface area contributed by atoms with E-state index in [1.54, 1.807) is 6.07 Å². The number of rotatable bonds is 3. The molecule has 0 radical (unpaired) electrons. The highest BCUT2D eigenvalue weighted by molar-refractivity contribution is 9.10. The van der Waals surface area contributed by atoms with Gasteiger partial charge in [-0.1, -0.05) is 0 Å². The molecule has 0 amide bonds. The van der Waals surface area contributed by atoms with E-state index in [2.05, 4.69) is 15.9 Å². The summed E-state index contributed by atoms with van der Waals surface area (Å²) in [5, 5.41) is 40.4. The van der Waals surface area contributed by atoms with Crippen LogP contribution >= 0.6 is 15.9 Å². The van der Waals surface area contributed by atoms with Crippen molar-refractivity contribution < 1.29 is 24.8 Å². The SMILES string of the molecule is CN1CC[C@@H](c2c(O)cc(O)c3c(=O)cc(-c4ccc(O)cc4Br)oc23)[C@@H]1CO. The number of fused-ring (bicyclic) bond motifs is 1. The highest BCUT2D eigenvalue weighted by atomic mass is 79.9. The molecule has 1 aliphatic rings. The number of halogens is 1. The maximum absolute atomic E-state index is 12.8. The molecular formula is C21H20BrNO6. The van der Waals surface area contributed by atoms with Gasteiger partial charge in [0.25, 0.3) is 0 Å². The smallest absolute Gasteiger partial charge is 0.197 e. The third-order valence-corrected chi connectivity index (χ3v) is 6.25. The van der Waals surface area contributed by atoms with Crippen molar-refractivity contribution in [1.82, 2.24) is 4.90 Å². The van der Waals surface area contributed by atoms with Crippen LogP contribution < -0.4 is 5.43 Å². The fourth-order valence-electron chi connectivity index (χ4n) is 4.13. The van der Waals surface area contributed by atoms with Crippen molar-refractivity contribution in [3.8, 4) is 28.6 Å². The van der Waals surface area contributed by atoms with Crippen LogP contribution in [-0.4, -0.2) is 51.6 Å². The van der Waals surface area contributed by atoms with Crippen molar-refractivity contribution in [2.24, 2.45) is 0 Å². The fourth-order valence-corrected chi connectivity index (χ4v) is 4.69. The lowest BCUT2D eigenvalue weighted by Gasteiger charge is -2.24. The van der Waals surface area contributed by atoms with Gasteiger partial charge in [0.15, 0.2) is 5.43 Å². The molecule has 2 aromatic carbocycles. The van der Waals surface area contributed by atoms with Gasteiger partial charge in [-0.15, -0.1) is 0 Å². The maximum atomic E-state index is 12.8. The Bertz CT molecular complexity index is 1160. The third-order valence-electron chi connectivity index (χ3n) is 5.60. The lowest BCUT2D eigenvalue weighted by molar-refractivity contribution is 0.172. The zero-order valence-corrected chi connectivity index (χ0v) is 17.2. The minimum absolute atomic E-state index is 0.0114. The second-order valence-corrected chi connectivity index (χ2v) is 8.15. The largest absolute Gasteiger partial charge is 0.508 e.